The molecule has 0 aliphatic carbocycles. The van der Waals surface area contributed by atoms with E-state index in [-0.39, 0.29) is 0 Å². The summed E-state index contributed by atoms with van der Waals surface area (Å²) in [5, 5.41) is 16.6. The maximum atomic E-state index is 13.3. The van der Waals surface area contributed by atoms with Crippen LogP contribution >= 0.6 is 11.8 Å². The molecule has 9 heteroatoms. The van der Waals surface area contributed by atoms with E-state index in [9.17, 15) is 8.78 Å². The number of hydrogen-bond acceptors (Lipinski definition) is 6. The molecule has 6 nitrogen and oxygen atoms in total. The molecule has 0 saturated carbocycles. The average molecular weight is 359 g/mol. The largest absolute Gasteiger partial charge is 0.305 e. The van der Waals surface area contributed by atoms with Gasteiger partial charge in [-0.25, -0.2) is 13.4 Å². The van der Waals surface area contributed by atoms with Crippen molar-refractivity contribution in [3.8, 4) is 11.4 Å². The molecule has 126 valence electrons. The van der Waals surface area contributed by atoms with E-state index in [2.05, 4.69) is 25.1 Å². The molecule has 2 aromatic carbocycles. The molecule has 0 aliphatic rings. The van der Waals surface area contributed by atoms with E-state index in [1.54, 1.807) is 6.07 Å². The molecule has 0 spiro atoms. The van der Waals surface area contributed by atoms with Crippen LogP contribution in [-0.2, 0) is 12.8 Å². The first-order valence-corrected chi connectivity index (χ1v) is 8.28. The van der Waals surface area contributed by atoms with Crippen molar-refractivity contribution in [2.24, 2.45) is 7.05 Å². The Labute approximate surface area is 144 Å². The zero-order valence-electron chi connectivity index (χ0n) is 13.0. The summed E-state index contributed by atoms with van der Waals surface area (Å²) in [6.07, 6.45) is 0. The first kappa shape index (κ1) is 15.7. The van der Waals surface area contributed by atoms with Gasteiger partial charge in [0.1, 0.15) is 22.7 Å². The summed E-state index contributed by atoms with van der Waals surface area (Å²) in [4.78, 5) is 0. The van der Waals surface area contributed by atoms with Crippen LogP contribution < -0.4 is 0 Å². The minimum absolute atomic E-state index is 0.382. The highest BCUT2D eigenvalue weighted by Gasteiger charge is 2.13. The highest BCUT2D eigenvalue weighted by atomic mass is 32.2. The predicted octanol–water partition coefficient (Wildman–Crippen LogP) is 3.59. The van der Waals surface area contributed by atoms with E-state index < -0.39 is 11.6 Å². The number of thioether (sulfide) groups is 1. The van der Waals surface area contributed by atoms with Crippen LogP contribution in [0.25, 0.3) is 22.4 Å². The van der Waals surface area contributed by atoms with Gasteiger partial charge >= 0.3 is 0 Å². The third-order valence-electron chi connectivity index (χ3n) is 3.64. The zero-order valence-corrected chi connectivity index (χ0v) is 13.8. The van der Waals surface area contributed by atoms with Crippen LogP contribution in [0.4, 0.5) is 8.78 Å². The molecule has 4 aromatic rings. The Balaban J connectivity index is 1.58. The molecule has 0 atom stereocenters. The highest BCUT2D eigenvalue weighted by molar-refractivity contribution is 7.98. The molecule has 0 aliphatic heterocycles. The van der Waals surface area contributed by atoms with E-state index >= 15 is 0 Å². The Kier molecular flexibility index (Phi) is 3.92. The SMILES string of the molecule is Cn1c(SCc2cc(F)cc(F)c2)nnc1-c1ccc2nonc2c1. The second kappa shape index (κ2) is 6.25. The first-order chi connectivity index (χ1) is 12.1. The second-order valence-corrected chi connectivity index (χ2v) is 6.34. The van der Waals surface area contributed by atoms with Gasteiger partial charge in [-0.2, -0.15) is 0 Å². The van der Waals surface area contributed by atoms with Crippen LogP contribution in [0.5, 0.6) is 0 Å². The van der Waals surface area contributed by atoms with Gasteiger partial charge in [0.15, 0.2) is 11.0 Å². The number of halogens is 2. The molecular weight excluding hydrogens is 348 g/mol. The normalized spacial score (nSPS) is 11.3. The summed E-state index contributed by atoms with van der Waals surface area (Å²) in [6.45, 7) is 0. The zero-order chi connectivity index (χ0) is 17.4. The van der Waals surface area contributed by atoms with Crippen molar-refractivity contribution in [2.45, 2.75) is 10.9 Å². The van der Waals surface area contributed by atoms with Gasteiger partial charge in [0.25, 0.3) is 0 Å². The molecule has 0 saturated heterocycles. The van der Waals surface area contributed by atoms with Gasteiger partial charge < -0.3 is 4.57 Å². The summed E-state index contributed by atoms with van der Waals surface area (Å²) >= 11 is 1.35. The Morgan fingerprint density at radius 2 is 1.76 bits per heavy atom. The van der Waals surface area contributed by atoms with E-state index in [4.69, 9.17) is 0 Å². The van der Waals surface area contributed by atoms with Crippen molar-refractivity contribution >= 4 is 22.8 Å². The molecule has 2 aromatic heterocycles. The molecule has 0 amide bonds. The van der Waals surface area contributed by atoms with Crippen LogP contribution in [-0.4, -0.2) is 25.1 Å². The van der Waals surface area contributed by atoms with E-state index in [1.165, 1.54) is 23.9 Å². The lowest BCUT2D eigenvalue weighted by atomic mass is 10.2. The third-order valence-corrected chi connectivity index (χ3v) is 4.73. The van der Waals surface area contributed by atoms with Gasteiger partial charge in [-0.05, 0) is 46.2 Å². The number of nitrogens with zero attached hydrogens (tertiary/aromatic N) is 5. The predicted molar refractivity (Wildman–Crippen MR) is 87.7 cm³/mol. The van der Waals surface area contributed by atoms with Crippen molar-refractivity contribution in [1.82, 2.24) is 25.1 Å². The van der Waals surface area contributed by atoms with Crippen LogP contribution in [0.2, 0.25) is 0 Å². The topological polar surface area (TPSA) is 69.6 Å². The highest BCUT2D eigenvalue weighted by Crippen LogP contribution is 2.27. The molecule has 25 heavy (non-hydrogen) atoms. The maximum absolute atomic E-state index is 13.3. The molecule has 0 radical (unpaired) electrons. The fourth-order valence-corrected chi connectivity index (χ4v) is 3.30. The summed E-state index contributed by atoms with van der Waals surface area (Å²) < 4.78 is 33.0. The van der Waals surface area contributed by atoms with Gasteiger partial charge in [0.2, 0.25) is 0 Å². The molecule has 0 fully saturated rings. The fraction of sp³-hybridized carbons (Fsp3) is 0.125. The Morgan fingerprint density at radius 1 is 1.00 bits per heavy atom. The molecule has 4 rings (SSSR count). The van der Waals surface area contributed by atoms with Gasteiger partial charge in [0.05, 0.1) is 0 Å². The lowest BCUT2D eigenvalue weighted by molar-refractivity contribution is 0.315. The molecular formula is C16H11F2N5OS. The number of benzene rings is 2. The van der Waals surface area contributed by atoms with Crippen molar-refractivity contribution in [3.05, 3.63) is 53.6 Å². The monoisotopic (exact) mass is 359 g/mol. The number of aromatic nitrogens is 5. The van der Waals surface area contributed by atoms with Gasteiger partial charge in [-0.15, -0.1) is 10.2 Å². The maximum Gasteiger partial charge on any atom is 0.191 e. The molecule has 2 heterocycles. The molecule has 0 unspecified atom stereocenters. The van der Waals surface area contributed by atoms with Crippen molar-refractivity contribution < 1.29 is 13.4 Å². The van der Waals surface area contributed by atoms with Gasteiger partial charge in [-0.1, -0.05) is 11.8 Å². The van der Waals surface area contributed by atoms with E-state index in [0.29, 0.717) is 33.3 Å². The number of hydrogen-bond donors (Lipinski definition) is 0. The Hall–Kier alpha value is -2.81. The van der Waals surface area contributed by atoms with Crippen molar-refractivity contribution in [2.75, 3.05) is 0 Å². The molecule has 0 N–H and O–H groups in total. The summed E-state index contributed by atoms with van der Waals surface area (Å²) in [5.74, 6) is -0.155. The van der Waals surface area contributed by atoms with E-state index in [1.807, 2.05) is 23.7 Å². The smallest absolute Gasteiger partial charge is 0.191 e. The quantitative estimate of drug-likeness (QED) is 0.519. The van der Waals surface area contributed by atoms with E-state index in [0.717, 1.165) is 11.6 Å². The lowest BCUT2D eigenvalue weighted by Gasteiger charge is -2.04. The van der Waals surface area contributed by atoms with Crippen LogP contribution in [0.3, 0.4) is 0 Å². The first-order valence-electron chi connectivity index (χ1n) is 7.30. The lowest BCUT2D eigenvalue weighted by Crippen LogP contribution is -1.95. The Morgan fingerprint density at radius 3 is 2.56 bits per heavy atom. The summed E-state index contributed by atoms with van der Waals surface area (Å²) in [5.41, 5.74) is 2.66. The van der Waals surface area contributed by atoms with Gasteiger partial charge in [-0.3, -0.25) is 0 Å². The minimum Gasteiger partial charge on any atom is -0.305 e. The third kappa shape index (κ3) is 3.10. The standard InChI is InChI=1S/C16H11F2N5OS/c1-23-15(10-2-3-13-14(6-10)22-24-21-13)19-20-16(23)25-8-9-4-11(17)7-12(18)5-9/h2-7H,8H2,1H3. The second-order valence-electron chi connectivity index (χ2n) is 5.40. The minimum atomic E-state index is -0.594. The summed E-state index contributed by atoms with van der Waals surface area (Å²) in [7, 11) is 1.83. The van der Waals surface area contributed by atoms with Crippen LogP contribution in [0.15, 0.2) is 46.2 Å². The number of fused-ring (bicyclic) bond motifs is 1. The van der Waals surface area contributed by atoms with Crippen molar-refractivity contribution in [1.29, 1.82) is 0 Å². The summed E-state index contributed by atoms with van der Waals surface area (Å²) in [6, 6.07) is 8.92. The van der Waals surface area contributed by atoms with Crippen LogP contribution in [0.1, 0.15) is 5.56 Å². The Bertz CT molecular complexity index is 1040. The van der Waals surface area contributed by atoms with Gasteiger partial charge in [0, 0.05) is 24.4 Å². The molecule has 0 bridgehead atoms. The fourth-order valence-electron chi connectivity index (χ4n) is 2.46. The van der Waals surface area contributed by atoms with Crippen LogP contribution in [0, 0.1) is 11.6 Å². The van der Waals surface area contributed by atoms with Crippen molar-refractivity contribution in [3.63, 3.8) is 0 Å². The number of rotatable bonds is 4. The average Bonchev–Trinajstić information content (AvgIpc) is 3.18.